The monoisotopic (exact) mass is 235 g/mol. The molecule has 0 aliphatic rings. The first-order valence-electron chi connectivity index (χ1n) is 5.08. The molecule has 0 heterocycles. The van der Waals surface area contributed by atoms with Crippen LogP contribution in [0.5, 0.6) is 0 Å². The molecular weight excluding hydrogens is 214 g/mol. The summed E-state index contributed by atoms with van der Waals surface area (Å²) < 4.78 is 15.4. The number of carbonyl (C=O) groups is 1. The van der Waals surface area contributed by atoms with Crippen molar-refractivity contribution >= 4 is 16.8 Å². The van der Waals surface area contributed by atoms with Gasteiger partial charge in [0.05, 0.1) is 13.5 Å². The summed E-state index contributed by atoms with van der Waals surface area (Å²) in [5.74, 6) is 0.486. The van der Waals surface area contributed by atoms with Crippen LogP contribution in [0.25, 0.3) is 0 Å². The van der Waals surface area contributed by atoms with E-state index in [2.05, 4.69) is 10.1 Å². The molecule has 3 unspecified atom stereocenters. The molecular formula is C10H21NO3S. The standard InChI is InChI=1S/C10H21NO3S/c1-8(5-6-15(4)13)11-9(2)7-10(12)14-3/h8-9,11H,5-7H2,1-4H3. The fraction of sp³-hybridized carbons (Fsp3) is 0.900. The van der Waals surface area contributed by atoms with E-state index in [-0.39, 0.29) is 18.1 Å². The van der Waals surface area contributed by atoms with Gasteiger partial charge >= 0.3 is 5.97 Å². The third-order valence-electron chi connectivity index (χ3n) is 2.11. The molecule has 3 atom stereocenters. The SMILES string of the molecule is COC(=O)CC(C)NC(C)CCS(C)=O. The van der Waals surface area contributed by atoms with Crippen LogP contribution in [0.15, 0.2) is 0 Å². The van der Waals surface area contributed by atoms with Crippen LogP contribution in [-0.2, 0) is 20.3 Å². The van der Waals surface area contributed by atoms with Crippen molar-refractivity contribution in [1.82, 2.24) is 5.32 Å². The average Bonchev–Trinajstić information content (AvgIpc) is 2.14. The molecule has 0 bridgehead atoms. The van der Waals surface area contributed by atoms with Crippen molar-refractivity contribution in [3.05, 3.63) is 0 Å². The Kier molecular flexibility index (Phi) is 7.60. The van der Waals surface area contributed by atoms with Gasteiger partial charge < -0.3 is 10.1 Å². The lowest BCUT2D eigenvalue weighted by molar-refractivity contribution is -0.141. The van der Waals surface area contributed by atoms with Crippen molar-refractivity contribution in [3.8, 4) is 0 Å². The maximum absolute atomic E-state index is 11.0. The van der Waals surface area contributed by atoms with Crippen LogP contribution in [0, 0.1) is 0 Å². The van der Waals surface area contributed by atoms with E-state index in [1.165, 1.54) is 7.11 Å². The van der Waals surface area contributed by atoms with Gasteiger partial charge in [-0.05, 0) is 20.3 Å². The zero-order chi connectivity index (χ0) is 11.8. The molecule has 0 aliphatic heterocycles. The number of rotatable bonds is 7. The van der Waals surface area contributed by atoms with Gasteiger partial charge in [-0.15, -0.1) is 0 Å². The summed E-state index contributed by atoms with van der Waals surface area (Å²) in [6.45, 7) is 3.97. The van der Waals surface area contributed by atoms with E-state index >= 15 is 0 Å². The first-order valence-corrected chi connectivity index (χ1v) is 6.81. The highest BCUT2D eigenvalue weighted by Crippen LogP contribution is 1.99. The van der Waals surface area contributed by atoms with E-state index in [0.717, 1.165) is 6.42 Å². The summed E-state index contributed by atoms with van der Waals surface area (Å²) >= 11 is 0. The molecule has 5 heteroatoms. The highest BCUT2D eigenvalue weighted by molar-refractivity contribution is 7.84. The Balaban J connectivity index is 3.70. The van der Waals surface area contributed by atoms with Crippen molar-refractivity contribution < 1.29 is 13.7 Å². The smallest absolute Gasteiger partial charge is 0.307 e. The summed E-state index contributed by atoms with van der Waals surface area (Å²) in [5.41, 5.74) is 0. The molecule has 0 aromatic heterocycles. The molecule has 0 aromatic rings. The van der Waals surface area contributed by atoms with Gasteiger partial charge in [0, 0.05) is 34.9 Å². The van der Waals surface area contributed by atoms with Gasteiger partial charge in [-0.3, -0.25) is 9.00 Å². The Labute approximate surface area is 94.2 Å². The van der Waals surface area contributed by atoms with Crippen LogP contribution >= 0.6 is 0 Å². The number of carbonyl (C=O) groups excluding carboxylic acids is 1. The quantitative estimate of drug-likeness (QED) is 0.660. The Morgan fingerprint density at radius 1 is 1.40 bits per heavy atom. The van der Waals surface area contributed by atoms with Crippen LogP contribution in [0.1, 0.15) is 26.7 Å². The maximum Gasteiger partial charge on any atom is 0.307 e. The maximum atomic E-state index is 11.0. The van der Waals surface area contributed by atoms with Crippen molar-refractivity contribution in [3.63, 3.8) is 0 Å². The summed E-state index contributed by atoms with van der Waals surface area (Å²) in [6.07, 6.45) is 2.93. The molecule has 0 saturated heterocycles. The van der Waals surface area contributed by atoms with E-state index in [0.29, 0.717) is 12.2 Å². The number of esters is 1. The highest BCUT2D eigenvalue weighted by atomic mass is 32.2. The number of hydrogen-bond acceptors (Lipinski definition) is 4. The predicted octanol–water partition coefficient (Wildman–Crippen LogP) is 0.685. The number of hydrogen-bond donors (Lipinski definition) is 1. The normalized spacial score (nSPS) is 16.8. The van der Waals surface area contributed by atoms with Gasteiger partial charge in [0.25, 0.3) is 0 Å². The zero-order valence-corrected chi connectivity index (χ0v) is 10.7. The first kappa shape index (κ1) is 14.6. The Morgan fingerprint density at radius 3 is 2.47 bits per heavy atom. The van der Waals surface area contributed by atoms with Gasteiger partial charge in [0.15, 0.2) is 0 Å². The van der Waals surface area contributed by atoms with Crippen LogP contribution in [0.4, 0.5) is 0 Å². The van der Waals surface area contributed by atoms with Gasteiger partial charge in [-0.25, -0.2) is 0 Å². The highest BCUT2D eigenvalue weighted by Gasteiger charge is 2.11. The topological polar surface area (TPSA) is 55.4 Å². The summed E-state index contributed by atoms with van der Waals surface area (Å²) in [4.78, 5) is 11.0. The number of ether oxygens (including phenoxy) is 1. The molecule has 0 fully saturated rings. The van der Waals surface area contributed by atoms with E-state index < -0.39 is 10.8 Å². The molecule has 0 amide bonds. The van der Waals surface area contributed by atoms with Gasteiger partial charge in [0.2, 0.25) is 0 Å². The predicted molar refractivity (Wildman–Crippen MR) is 62.2 cm³/mol. The van der Waals surface area contributed by atoms with Crippen molar-refractivity contribution in [2.45, 2.75) is 38.8 Å². The van der Waals surface area contributed by atoms with Crippen LogP contribution in [0.3, 0.4) is 0 Å². The second-order valence-electron chi connectivity index (χ2n) is 3.82. The second kappa shape index (κ2) is 7.82. The minimum Gasteiger partial charge on any atom is -0.469 e. The lowest BCUT2D eigenvalue weighted by Crippen LogP contribution is -2.36. The van der Waals surface area contributed by atoms with Gasteiger partial charge in [-0.1, -0.05) is 0 Å². The average molecular weight is 235 g/mol. The molecule has 90 valence electrons. The molecule has 15 heavy (non-hydrogen) atoms. The van der Waals surface area contributed by atoms with E-state index in [1.54, 1.807) is 6.26 Å². The molecule has 0 saturated carbocycles. The van der Waals surface area contributed by atoms with Crippen molar-refractivity contribution in [1.29, 1.82) is 0 Å². The minimum absolute atomic E-state index is 0.0951. The Morgan fingerprint density at radius 2 is 2.00 bits per heavy atom. The molecule has 0 rings (SSSR count). The van der Waals surface area contributed by atoms with E-state index in [4.69, 9.17) is 0 Å². The molecule has 0 aliphatic carbocycles. The first-order chi connectivity index (χ1) is 6.95. The molecule has 0 radical (unpaired) electrons. The van der Waals surface area contributed by atoms with E-state index in [9.17, 15) is 9.00 Å². The second-order valence-corrected chi connectivity index (χ2v) is 5.37. The molecule has 0 spiro atoms. The fourth-order valence-electron chi connectivity index (χ4n) is 1.30. The van der Waals surface area contributed by atoms with Crippen molar-refractivity contribution in [2.24, 2.45) is 0 Å². The largest absolute Gasteiger partial charge is 0.469 e. The van der Waals surface area contributed by atoms with Crippen LogP contribution in [0.2, 0.25) is 0 Å². The number of nitrogens with one attached hydrogen (secondary N) is 1. The number of methoxy groups -OCH3 is 1. The molecule has 1 N–H and O–H groups in total. The zero-order valence-electron chi connectivity index (χ0n) is 9.91. The van der Waals surface area contributed by atoms with Gasteiger partial charge in [-0.2, -0.15) is 0 Å². The third kappa shape index (κ3) is 8.57. The lowest BCUT2D eigenvalue weighted by atomic mass is 10.2. The summed E-state index contributed by atoms with van der Waals surface area (Å²) in [6, 6.07) is 0.367. The van der Waals surface area contributed by atoms with Gasteiger partial charge in [0.1, 0.15) is 0 Å². The fourth-order valence-corrected chi connectivity index (χ4v) is 1.99. The molecule has 4 nitrogen and oxygen atoms in total. The van der Waals surface area contributed by atoms with E-state index in [1.807, 2.05) is 13.8 Å². The summed E-state index contributed by atoms with van der Waals surface area (Å²) in [7, 11) is 0.643. The Bertz CT molecular complexity index is 221. The van der Waals surface area contributed by atoms with Crippen molar-refractivity contribution in [2.75, 3.05) is 19.1 Å². The van der Waals surface area contributed by atoms with Crippen LogP contribution in [-0.4, -0.2) is 41.4 Å². The molecule has 0 aromatic carbocycles. The van der Waals surface area contributed by atoms with Crippen LogP contribution < -0.4 is 5.32 Å². The minimum atomic E-state index is -0.745. The third-order valence-corrected chi connectivity index (χ3v) is 2.92. The lowest BCUT2D eigenvalue weighted by Gasteiger charge is -2.18. The summed E-state index contributed by atoms with van der Waals surface area (Å²) in [5, 5.41) is 3.27. The Hall–Kier alpha value is -0.420.